The fraction of sp³-hybridized carbons (Fsp3) is 0.778. The predicted octanol–water partition coefficient (Wildman–Crippen LogP) is 11.8. The summed E-state index contributed by atoms with van der Waals surface area (Å²) in [5, 5.41) is 18.5. The van der Waals surface area contributed by atoms with Crippen LogP contribution in [0, 0.1) is 0 Å². The van der Waals surface area contributed by atoms with Gasteiger partial charge in [-0.2, -0.15) is 0 Å². The number of hydrogen-bond acceptors (Lipinski definition) is 2. The van der Waals surface area contributed by atoms with E-state index < -0.39 is 11.9 Å². The molecule has 2 N–H and O–H groups in total. The largest absolute Gasteiger partial charge is 0.478 e. The molecule has 0 amide bonds. The molecule has 1 aromatic carbocycles. The number of hydrogen-bond donors (Lipinski definition) is 2. The molecule has 0 saturated heterocycles. The van der Waals surface area contributed by atoms with E-state index in [4.69, 9.17) is 5.11 Å². The normalized spacial score (nSPS) is 11.2. The first kappa shape index (κ1) is 36.2. The van der Waals surface area contributed by atoms with E-state index in [0.29, 0.717) is 12.0 Å². The van der Waals surface area contributed by atoms with Crippen LogP contribution < -0.4 is 0 Å². The molecule has 0 aliphatic rings. The van der Waals surface area contributed by atoms with Gasteiger partial charge in [0.1, 0.15) is 0 Å². The lowest BCUT2D eigenvalue weighted by Gasteiger charge is -2.08. The van der Waals surface area contributed by atoms with Crippen LogP contribution in [0.2, 0.25) is 0 Å². The first-order valence-electron chi connectivity index (χ1n) is 17.2. The van der Waals surface area contributed by atoms with Crippen LogP contribution in [0.1, 0.15) is 200 Å². The van der Waals surface area contributed by atoms with Crippen molar-refractivity contribution in [2.45, 2.75) is 180 Å². The molecule has 1 aromatic rings. The fourth-order valence-corrected chi connectivity index (χ4v) is 5.77. The second kappa shape index (κ2) is 26.1. The highest BCUT2D eigenvalue weighted by Gasteiger charge is 2.13. The zero-order valence-electron chi connectivity index (χ0n) is 26.0. The Labute approximate surface area is 246 Å². The number of aromatic carboxylic acids is 2. The molecule has 0 aromatic heterocycles. The molecule has 1 rings (SSSR count). The fourth-order valence-electron chi connectivity index (χ4n) is 5.77. The Hall–Kier alpha value is -1.84. The number of aryl methyl sites for hydroxylation is 1. The number of unbranched alkanes of at least 4 members (excludes halogenated alkanes) is 25. The van der Waals surface area contributed by atoms with E-state index >= 15 is 0 Å². The maximum absolute atomic E-state index is 11.4. The molecule has 0 heterocycles. The molecule has 0 spiro atoms. The van der Waals surface area contributed by atoms with Crippen LogP contribution in [0.3, 0.4) is 0 Å². The Morgan fingerprint density at radius 3 is 1.10 bits per heavy atom. The number of benzene rings is 1. The lowest BCUT2D eigenvalue weighted by molar-refractivity contribution is 0.0680. The molecule has 0 aliphatic carbocycles. The topological polar surface area (TPSA) is 74.6 Å². The van der Waals surface area contributed by atoms with Crippen LogP contribution in [0.15, 0.2) is 18.2 Å². The van der Waals surface area contributed by atoms with Crippen LogP contribution in [-0.4, -0.2) is 22.2 Å². The van der Waals surface area contributed by atoms with Gasteiger partial charge in [0, 0.05) is 0 Å². The average molecular weight is 559 g/mol. The molecular formula is C36H62O4. The van der Waals surface area contributed by atoms with Gasteiger partial charge in [0.25, 0.3) is 0 Å². The summed E-state index contributed by atoms with van der Waals surface area (Å²) in [4.78, 5) is 22.6. The van der Waals surface area contributed by atoms with Crippen LogP contribution in [0.4, 0.5) is 0 Å². The minimum atomic E-state index is -1.01. The van der Waals surface area contributed by atoms with Crippen molar-refractivity contribution in [1.29, 1.82) is 0 Å². The van der Waals surface area contributed by atoms with E-state index in [1.165, 1.54) is 172 Å². The Bertz CT molecular complexity index is 757. The molecule has 4 nitrogen and oxygen atoms in total. The van der Waals surface area contributed by atoms with Crippen molar-refractivity contribution < 1.29 is 19.8 Å². The van der Waals surface area contributed by atoms with Gasteiger partial charge in [-0.05, 0) is 36.6 Å². The zero-order valence-corrected chi connectivity index (χ0v) is 26.0. The van der Waals surface area contributed by atoms with Crippen LogP contribution >= 0.6 is 0 Å². The zero-order chi connectivity index (χ0) is 29.1. The first-order valence-corrected chi connectivity index (χ1v) is 17.2. The summed E-state index contributed by atoms with van der Waals surface area (Å²) in [5.41, 5.74) is 1.02. The van der Waals surface area contributed by atoms with Crippen molar-refractivity contribution in [3.8, 4) is 0 Å². The number of rotatable bonds is 29. The highest BCUT2D eigenvalue weighted by Crippen LogP contribution is 2.18. The SMILES string of the molecule is CCCCCCCCCCCCCCCCCCCCCCCCCCCCc1cc(C(=O)O)ccc1C(=O)O. The second-order valence-electron chi connectivity index (χ2n) is 12.1. The summed E-state index contributed by atoms with van der Waals surface area (Å²) in [5.74, 6) is -2.00. The molecule has 0 aliphatic heterocycles. The third-order valence-electron chi connectivity index (χ3n) is 8.38. The summed E-state index contributed by atoms with van der Waals surface area (Å²) in [6.45, 7) is 2.29. The maximum atomic E-state index is 11.4. The van der Waals surface area contributed by atoms with E-state index in [2.05, 4.69) is 6.92 Å². The van der Waals surface area contributed by atoms with E-state index in [1.807, 2.05) is 0 Å². The Morgan fingerprint density at radius 2 is 0.800 bits per heavy atom. The van der Waals surface area contributed by atoms with Crippen molar-refractivity contribution >= 4 is 11.9 Å². The molecule has 40 heavy (non-hydrogen) atoms. The van der Waals surface area contributed by atoms with Gasteiger partial charge in [-0.3, -0.25) is 0 Å². The number of carbonyl (C=O) groups is 2. The first-order chi connectivity index (χ1) is 19.6. The van der Waals surface area contributed by atoms with E-state index in [1.54, 1.807) is 0 Å². The van der Waals surface area contributed by atoms with Gasteiger partial charge in [0.05, 0.1) is 11.1 Å². The van der Waals surface area contributed by atoms with E-state index in [9.17, 15) is 14.7 Å². The molecule has 0 fully saturated rings. The number of carboxylic acid groups (broad SMARTS) is 2. The van der Waals surface area contributed by atoms with Gasteiger partial charge in [0.2, 0.25) is 0 Å². The van der Waals surface area contributed by atoms with Gasteiger partial charge in [-0.15, -0.1) is 0 Å². The van der Waals surface area contributed by atoms with Gasteiger partial charge in [-0.1, -0.05) is 167 Å². The standard InChI is InChI=1S/C36H62O4/c1-2-3-4-5-6-7-8-9-10-11-12-13-14-15-16-17-18-19-20-21-22-23-24-25-26-27-28-32-31-33(35(37)38)29-30-34(32)36(39)40/h29-31H,2-28H2,1H3,(H,37,38)(H,39,40). The smallest absolute Gasteiger partial charge is 0.335 e. The number of carboxylic acids is 2. The summed E-state index contributed by atoms with van der Waals surface area (Å²) < 4.78 is 0. The summed E-state index contributed by atoms with van der Waals surface area (Å²) in [6.07, 6.45) is 36.1. The van der Waals surface area contributed by atoms with Gasteiger partial charge in [-0.25, -0.2) is 9.59 Å². The quantitative estimate of drug-likeness (QED) is 0.0959. The monoisotopic (exact) mass is 558 g/mol. The molecule has 0 radical (unpaired) electrons. The van der Waals surface area contributed by atoms with Gasteiger partial charge in [0.15, 0.2) is 0 Å². The Kier molecular flexibility index (Phi) is 23.6. The third kappa shape index (κ3) is 20.1. The molecule has 4 heteroatoms. The molecule has 0 atom stereocenters. The average Bonchev–Trinajstić information content (AvgIpc) is 2.94. The molecule has 0 unspecified atom stereocenters. The van der Waals surface area contributed by atoms with E-state index in [0.717, 1.165) is 12.8 Å². The second-order valence-corrected chi connectivity index (χ2v) is 12.1. The van der Waals surface area contributed by atoms with Crippen molar-refractivity contribution in [2.75, 3.05) is 0 Å². The van der Waals surface area contributed by atoms with Crippen molar-refractivity contribution in [1.82, 2.24) is 0 Å². The summed E-state index contributed by atoms with van der Waals surface area (Å²) in [7, 11) is 0. The predicted molar refractivity (Wildman–Crippen MR) is 170 cm³/mol. The minimum Gasteiger partial charge on any atom is -0.478 e. The van der Waals surface area contributed by atoms with Gasteiger partial charge >= 0.3 is 11.9 Å². The minimum absolute atomic E-state index is 0.162. The van der Waals surface area contributed by atoms with Crippen molar-refractivity contribution in [3.05, 3.63) is 34.9 Å². The Morgan fingerprint density at radius 1 is 0.475 bits per heavy atom. The highest BCUT2D eigenvalue weighted by molar-refractivity contribution is 5.93. The molecule has 0 bridgehead atoms. The molecular weight excluding hydrogens is 496 g/mol. The third-order valence-corrected chi connectivity index (χ3v) is 8.38. The molecule has 230 valence electrons. The van der Waals surface area contributed by atoms with Crippen LogP contribution in [-0.2, 0) is 6.42 Å². The van der Waals surface area contributed by atoms with Gasteiger partial charge < -0.3 is 10.2 Å². The van der Waals surface area contributed by atoms with Crippen molar-refractivity contribution in [2.24, 2.45) is 0 Å². The van der Waals surface area contributed by atoms with E-state index in [-0.39, 0.29) is 11.1 Å². The lowest BCUT2D eigenvalue weighted by atomic mass is 9.98. The Balaban J connectivity index is 1.81. The van der Waals surface area contributed by atoms with Crippen molar-refractivity contribution in [3.63, 3.8) is 0 Å². The highest BCUT2D eigenvalue weighted by atomic mass is 16.4. The molecule has 0 saturated carbocycles. The maximum Gasteiger partial charge on any atom is 0.335 e. The van der Waals surface area contributed by atoms with Crippen LogP contribution in [0.25, 0.3) is 0 Å². The summed E-state index contributed by atoms with van der Waals surface area (Å²) >= 11 is 0. The summed E-state index contributed by atoms with van der Waals surface area (Å²) in [6, 6.07) is 4.31. The lowest BCUT2D eigenvalue weighted by Crippen LogP contribution is -2.06. The van der Waals surface area contributed by atoms with Crippen LogP contribution in [0.5, 0.6) is 0 Å².